The van der Waals surface area contributed by atoms with Gasteiger partial charge in [0.25, 0.3) is 17.4 Å². The predicted molar refractivity (Wildman–Crippen MR) is 131 cm³/mol. The van der Waals surface area contributed by atoms with Gasteiger partial charge in [0.1, 0.15) is 23.4 Å². The Morgan fingerprint density at radius 2 is 1.72 bits per heavy atom. The molecule has 0 aliphatic rings. The van der Waals surface area contributed by atoms with Crippen molar-refractivity contribution in [2.45, 2.75) is 6.54 Å². The Morgan fingerprint density at radius 1 is 1.03 bits per heavy atom. The lowest BCUT2D eigenvalue weighted by molar-refractivity contribution is -0.135. The van der Waals surface area contributed by atoms with Gasteiger partial charge in [0, 0.05) is 10.0 Å². The van der Waals surface area contributed by atoms with Crippen molar-refractivity contribution in [3.05, 3.63) is 79.6 Å². The molecule has 0 fully saturated rings. The minimum absolute atomic E-state index is 0.124. The number of pyridine rings is 1. The molecule has 2 aromatic carbocycles. The molecule has 1 aromatic heterocycles. The third-order valence-corrected chi connectivity index (χ3v) is 5.55. The van der Waals surface area contributed by atoms with E-state index in [9.17, 15) is 29.4 Å². The molecule has 0 unspecified atom stereocenters. The summed E-state index contributed by atoms with van der Waals surface area (Å²) in [7, 11) is 1.36. The molecule has 0 saturated carbocycles. The Morgan fingerprint density at radius 3 is 2.36 bits per heavy atom. The van der Waals surface area contributed by atoms with E-state index in [1.54, 1.807) is 18.2 Å². The Labute approximate surface area is 213 Å². The lowest BCUT2D eigenvalue weighted by Gasteiger charge is -2.18. The van der Waals surface area contributed by atoms with Crippen molar-refractivity contribution < 1.29 is 34.4 Å². The zero-order chi connectivity index (χ0) is 26.6. The van der Waals surface area contributed by atoms with Gasteiger partial charge in [-0.3, -0.25) is 23.7 Å². The van der Waals surface area contributed by atoms with E-state index in [0.29, 0.717) is 9.59 Å². The summed E-state index contributed by atoms with van der Waals surface area (Å²) < 4.78 is 5.80. The van der Waals surface area contributed by atoms with E-state index in [0.717, 1.165) is 0 Å². The number of carbonyl (C=O) groups excluding carboxylic acids is 2. The Bertz CT molecular complexity index is 1420. The van der Waals surface area contributed by atoms with Crippen molar-refractivity contribution >= 4 is 46.7 Å². The van der Waals surface area contributed by atoms with Gasteiger partial charge in [-0.1, -0.05) is 41.4 Å². The Kier molecular flexibility index (Phi) is 8.07. The largest absolute Gasteiger partial charge is 0.506 e. The predicted octanol–water partition coefficient (Wildman–Crippen LogP) is 2.69. The maximum atomic E-state index is 13.1. The highest BCUT2D eigenvalue weighted by molar-refractivity contribution is 6.35. The smallest absolute Gasteiger partial charge is 0.322 e. The number of hydrogen-bond acceptors (Lipinski definition) is 7. The fraction of sp³-hybridized carbons (Fsp3) is 0.130. The Balaban J connectivity index is 2.18. The number of methoxy groups -OCH3 is 1. The summed E-state index contributed by atoms with van der Waals surface area (Å²) in [5.74, 6) is -5.63. The van der Waals surface area contributed by atoms with Crippen molar-refractivity contribution in [2.75, 3.05) is 19.0 Å². The van der Waals surface area contributed by atoms with Gasteiger partial charge in [0.05, 0.1) is 19.3 Å². The first kappa shape index (κ1) is 26.4. The van der Waals surface area contributed by atoms with E-state index in [1.165, 1.54) is 31.4 Å². The number of benzene rings is 2. The van der Waals surface area contributed by atoms with Crippen LogP contribution < -0.4 is 20.9 Å². The van der Waals surface area contributed by atoms with Crippen LogP contribution in [-0.2, 0) is 11.3 Å². The van der Waals surface area contributed by atoms with Gasteiger partial charge >= 0.3 is 5.97 Å². The first-order chi connectivity index (χ1) is 17.0. The average molecular weight is 536 g/mol. The minimum Gasteiger partial charge on any atom is -0.506 e. The number of ether oxygens (including phenoxy) is 1. The maximum Gasteiger partial charge on any atom is 0.322 e. The molecule has 2 amide bonds. The van der Waals surface area contributed by atoms with Gasteiger partial charge in [-0.05, 0) is 29.8 Å². The van der Waals surface area contributed by atoms with Crippen LogP contribution >= 0.6 is 23.2 Å². The zero-order valence-electron chi connectivity index (χ0n) is 18.5. The quantitative estimate of drug-likeness (QED) is 0.293. The number of carboxylic acid groups (broad SMARTS) is 1. The van der Waals surface area contributed by atoms with E-state index in [2.05, 4.69) is 5.32 Å². The minimum atomic E-state index is -1.41. The van der Waals surface area contributed by atoms with Crippen molar-refractivity contribution in [3.63, 3.8) is 0 Å². The third-order valence-electron chi connectivity index (χ3n) is 4.96. The van der Waals surface area contributed by atoms with E-state index in [-0.39, 0.29) is 22.0 Å². The molecule has 13 heteroatoms. The number of hydrogen-bond donors (Lipinski definition) is 5. The van der Waals surface area contributed by atoms with Gasteiger partial charge in [0.15, 0.2) is 5.75 Å². The van der Waals surface area contributed by atoms with E-state index >= 15 is 0 Å². The molecule has 0 aliphatic heterocycles. The van der Waals surface area contributed by atoms with Crippen LogP contribution in [0, 0.1) is 0 Å². The second-order valence-electron chi connectivity index (χ2n) is 7.28. The normalized spacial score (nSPS) is 10.5. The van der Waals surface area contributed by atoms with Crippen LogP contribution in [0.4, 0.5) is 5.69 Å². The number of aromatic hydroxyl groups is 2. The van der Waals surface area contributed by atoms with Crippen LogP contribution in [0.5, 0.6) is 17.4 Å². The van der Waals surface area contributed by atoms with Gasteiger partial charge in [-0.15, -0.1) is 0 Å². The van der Waals surface area contributed by atoms with E-state index in [1.807, 2.05) is 5.32 Å². The summed E-state index contributed by atoms with van der Waals surface area (Å²) in [6.45, 7) is -1.29. The van der Waals surface area contributed by atoms with Crippen LogP contribution in [0.1, 0.15) is 26.3 Å². The lowest BCUT2D eigenvalue weighted by atomic mass is 10.1. The van der Waals surface area contributed by atoms with Gasteiger partial charge in [0.2, 0.25) is 5.88 Å². The SMILES string of the molecule is COc1ccccc1NC(=O)c1c(O)c(C(=O)NCC(=O)O)c(=O)n(Cc2ccc(Cl)cc2Cl)c1O. The van der Waals surface area contributed by atoms with E-state index in [4.69, 9.17) is 33.0 Å². The molecule has 188 valence electrons. The molecule has 11 nitrogen and oxygen atoms in total. The summed E-state index contributed by atoms with van der Waals surface area (Å²) in [6, 6.07) is 10.6. The standard InChI is InChI=1S/C23H19Cl2N3O8/c1-36-15-5-3-2-4-14(15)27-21(33)18-19(31)17(20(32)26-9-16(29)30)22(34)28(23(18)35)10-11-6-7-12(24)8-13(11)25/h2-8,31,35H,9-10H2,1H3,(H,26,32)(H,27,33)(H,29,30). The molecule has 0 aliphatic carbocycles. The number of rotatable bonds is 8. The zero-order valence-corrected chi connectivity index (χ0v) is 20.1. The molecule has 3 rings (SSSR count). The number of carboxylic acids is 1. The van der Waals surface area contributed by atoms with Crippen LogP contribution in [0.2, 0.25) is 10.0 Å². The maximum absolute atomic E-state index is 13.1. The summed E-state index contributed by atoms with van der Waals surface area (Å²) in [6.07, 6.45) is 0. The van der Waals surface area contributed by atoms with Crippen molar-refractivity contribution in [1.82, 2.24) is 9.88 Å². The monoisotopic (exact) mass is 535 g/mol. The number of aromatic nitrogens is 1. The number of nitrogens with one attached hydrogen (secondary N) is 2. The number of aliphatic carboxylic acids is 1. The van der Waals surface area contributed by atoms with Gasteiger partial charge in [-0.2, -0.15) is 0 Å². The second-order valence-corrected chi connectivity index (χ2v) is 8.12. The average Bonchev–Trinajstić information content (AvgIpc) is 2.82. The highest BCUT2D eigenvalue weighted by atomic mass is 35.5. The number of halogens is 2. The van der Waals surface area contributed by atoms with Crippen molar-refractivity contribution in [1.29, 1.82) is 0 Å². The summed E-state index contributed by atoms with van der Waals surface area (Å²) in [4.78, 5) is 49.7. The molecule has 1 heterocycles. The fourth-order valence-electron chi connectivity index (χ4n) is 3.26. The molecule has 5 N–H and O–H groups in total. The van der Waals surface area contributed by atoms with Gasteiger partial charge < -0.3 is 30.7 Å². The summed E-state index contributed by atoms with van der Waals surface area (Å²) in [5, 5.41) is 35.3. The highest BCUT2D eigenvalue weighted by Gasteiger charge is 2.30. The van der Waals surface area contributed by atoms with Crippen LogP contribution in [-0.4, -0.2) is 51.3 Å². The number of para-hydroxylation sites is 2. The molecule has 0 radical (unpaired) electrons. The number of amides is 2. The molecule has 36 heavy (non-hydrogen) atoms. The second kappa shape index (κ2) is 11.0. The van der Waals surface area contributed by atoms with Crippen molar-refractivity contribution in [2.24, 2.45) is 0 Å². The lowest BCUT2D eigenvalue weighted by Crippen LogP contribution is -2.37. The van der Waals surface area contributed by atoms with Crippen LogP contribution in [0.15, 0.2) is 47.3 Å². The first-order valence-electron chi connectivity index (χ1n) is 10.1. The highest BCUT2D eigenvalue weighted by Crippen LogP contribution is 2.32. The summed E-state index contributed by atoms with van der Waals surface area (Å²) in [5.41, 5.74) is -2.51. The molecule has 0 atom stereocenters. The molecule has 3 aromatic rings. The molecular formula is C23H19Cl2N3O8. The number of anilines is 1. The van der Waals surface area contributed by atoms with Crippen LogP contribution in [0.3, 0.4) is 0 Å². The van der Waals surface area contributed by atoms with Crippen LogP contribution in [0.25, 0.3) is 0 Å². The molecule has 0 spiro atoms. The summed E-state index contributed by atoms with van der Waals surface area (Å²) >= 11 is 12.1. The third kappa shape index (κ3) is 5.53. The Hall–Kier alpha value is -4.22. The first-order valence-corrected chi connectivity index (χ1v) is 10.9. The van der Waals surface area contributed by atoms with E-state index < -0.39 is 59.2 Å². The molecular weight excluding hydrogens is 517 g/mol. The molecule has 0 saturated heterocycles. The number of carbonyl (C=O) groups is 3. The number of nitrogens with zero attached hydrogens (tertiary/aromatic N) is 1. The topological polar surface area (TPSA) is 167 Å². The molecule has 0 bridgehead atoms. The fourth-order valence-corrected chi connectivity index (χ4v) is 3.72. The van der Waals surface area contributed by atoms with Crippen molar-refractivity contribution in [3.8, 4) is 17.4 Å². The van der Waals surface area contributed by atoms with Gasteiger partial charge in [-0.25, -0.2) is 0 Å².